The fraction of sp³-hybridized carbons (Fsp3) is 0.478. The molecule has 0 saturated heterocycles. The molecule has 3 rings (SSSR count). The molecule has 0 aromatic heterocycles. The van der Waals surface area contributed by atoms with Gasteiger partial charge in [-0.15, -0.1) is 0 Å². The van der Waals surface area contributed by atoms with E-state index in [0.717, 1.165) is 5.75 Å². The van der Waals surface area contributed by atoms with E-state index in [4.69, 9.17) is 4.74 Å². The molecule has 1 nitrogen and oxygen atoms in total. The number of aryl methyl sites for hydroxylation is 1. The van der Waals surface area contributed by atoms with Crippen molar-refractivity contribution < 1.29 is 4.74 Å². The summed E-state index contributed by atoms with van der Waals surface area (Å²) in [6.07, 6.45) is 6.48. The van der Waals surface area contributed by atoms with Crippen LogP contribution in [0.25, 0.3) is 0 Å². The van der Waals surface area contributed by atoms with E-state index in [1.165, 1.54) is 48.8 Å². The maximum absolute atomic E-state index is 6.00. The third kappa shape index (κ3) is 3.66. The van der Waals surface area contributed by atoms with Gasteiger partial charge in [0, 0.05) is 5.41 Å². The quantitative estimate of drug-likeness (QED) is 0.633. The molecule has 1 heteroatoms. The zero-order valence-corrected chi connectivity index (χ0v) is 15.6. The zero-order valence-electron chi connectivity index (χ0n) is 15.6. The van der Waals surface area contributed by atoms with Gasteiger partial charge >= 0.3 is 0 Å². The minimum absolute atomic E-state index is 0.152. The summed E-state index contributed by atoms with van der Waals surface area (Å²) in [5, 5.41) is 0. The van der Waals surface area contributed by atoms with Crippen molar-refractivity contribution in [3.8, 4) is 5.75 Å². The van der Waals surface area contributed by atoms with Gasteiger partial charge < -0.3 is 4.74 Å². The van der Waals surface area contributed by atoms with Gasteiger partial charge in [-0.25, -0.2) is 0 Å². The van der Waals surface area contributed by atoms with Gasteiger partial charge in [0.15, 0.2) is 0 Å². The average Bonchev–Trinajstić information content (AvgIpc) is 2.55. The summed E-state index contributed by atoms with van der Waals surface area (Å²) in [6.45, 7) is 8.44. The van der Waals surface area contributed by atoms with E-state index in [1.807, 2.05) is 0 Å². The Morgan fingerprint density at radius 3 is 1.75 bits per heavy atom. The summed E-state index contributed by atoms with van der Waals surface area (Å²) in [5.41, 5.74) is 4.26. The highest BCUT2D eigenvalue weighted by atomic mass is 16.5. The summed E-state index contributed by atoms with van der Waals surface area (Å²) in [5.74, 6) is 0.959. The van der Waals surface area contributed by atoms with Crippen molar-refractivity contribution in [2.45, 2.75) is 70.8 Å². The topological polar surface area (TPSA) is 9.23 Å². The maximum Gasteiger partial charge on any atom is 0.120 e. The summed E-state index contributed by atoms with van der Waals surface area (Å²) in [6, 6.07) is 18.0. The second kappa shape index (κ2) is 6.63. The van der Waals surface area contributed by atoms with Crippen molar-refractivity contribution >= 4 is 0 Å². The number of ether oxygens (including phenoxy) is 1. The fourth-order valence-corrected chi connectivity index (χ4v) is 3.97. The lowest BCUT2D eigenvalue weighted by molar-refractivity contribution is 0.131. The highest BCUT2D eigenvalue weighted by Gasteiger charge is 2.35. The molecule has 0 amide bonds. The summed E-state index contributed by atoms with van der Waals surface area (Å²) >= 11 is 0. The Labute approximate surface area is 147 Å². The molecule has 0 radical (unpaired) electrons. The van der Waals surface area contributed by atoms with Crippen LogP contribution in [-0.4, -0.2) is 5.60 Å². The number of benzene rings is 2. The average molecular weight is 322 g/mol. The predicted octanol–water partition coefficient (Wildman–Crippen LogP) is 6.42. The molecule has 1 fully saturated rings. The molecule has 1 aliphatic carbocycles. The molecule has 0 bridgehead atoms. The van der Waals surface area contributed by atoms with Crippen molar-refractivity contribution in [2.24, 2.45) is 0 Å². The van der Waals surface area contributed by atoms with Crippen molar-refractivity contribution in [1.29, 1.82) is 0 Å². The predicted molar refractivity (Wildman–Crippen MR) is 102 cm³/mol. The second-order valence-electron chi connectivity index (χ2n) is 8.25. The third-order valence-corrected chi connectivity index (χ3v) is 5.14. The Kier molecular flexibility index (Phi) is 4.71. The van der Waals surface area contributed by atoms with E-state index >= 15 is 0 Å². The lowest BCUT2D eigenvalue weighted by Crippen LogP contribution is -2.30. The van der Waals surface area contributed by atoms with Crippen molar-refractivity contribution in [3.63, 3.8) is 0 Å². The Morgan fingerprint density at radius 1 is 0.750 bits per heavy atom. The third-order valence-electron chi connectivity index (χ3n) is 5.14. The van der Waals surface area contributed by atoms with E-state index in [1.54, 1.807) is 0 Å². The van der Waals surface area contributed by atoms with E-state index in [-0.39, 0.29) is 11.0 Å². The minimum atomic E-state index is -0.152. The van der Waals surface area contributed by atoms with Crippen molar-refractivity contribution in [2.75, 3.05) is 0 Å². The van der Waals surface area contributed by atoms with Crippen LogP contribution in [0.1, 0.15) is 69.6 Å². The van der Waals surface area contributed by atoms with Gasteiger partial charge in [0.25, 0.3) is 0 Å². The first kappa shape index (κ1) is 17.1. The van der Waals surface area contributed by atoms with Gasteiger partial charge in [-0.05, 0) is 63.8 Å². The molecule has 2 aromatic rings. The monoisotopic (exact) mass is 322 g/mol. The van der Waals surface area contributed by atoms with Gasteiger partial charge in [-0.2, -0.15) is 0 Å². The molecule has 0 unspecified atom stereocenters. The molecule has 24 heavy (non-hydrogen) atoms. The van der Waals surface area contributed by atoms with Crippen LogP contribution in [-0.2, 0) is 5.41 Å². The first-order valence-electron chi connectivity index (χ1n) is 9.26. The molecule has 0 heterocycles. The Morgan fingerprint density at radius 2 is 1.25 bits per heavy atom. The van der Waals surface area contributed by atoms with Crippen molar-refractivity contribution in [1.82, 2.24) is 0 Å². The highest BCUT2D eigenvalue weighted by Crippen LogP contribution is 2.45. The summed E-state index contributed by atoms with van der Waals surface area (Å²) in [7, 11) is 0. The Hall–Kier alpha value is -1.76. The second-order valence-corrected chi connectivity index (χ2v) is 8.25. The maximum atomic E-state index is 6.00. The molecule has 0 N–H and O–H groups in total. The van der Waals surface area contributed by atoms with E-state index in [9.17, 15) is 0 Å². The summed E-state index contributed by atoms with van der Waals surface area (Å²) in [4.78, 5) is 0. The largest absolute Gasteiger partial charge is 0.488 e. The highest BCUT2D eigenvalue weighted by molar-refractivity contribution is 5.42. The Bertz CT molecular complexity index is 653. The van der Waals surface area contributed by atoms with Gasteiger partial charge in [0.2, 0.25) is 0 Å². The first-order valence-corrected chi connectivity index (χ1v) is 9.26. The normalized spacial score (nSPS) is 17.5. The standard InChI is InChI=1S/C23H30O/c1-18-8-10-19(11-9-18)23(16-6-5-7-17-23)20-12-14-21(15-13-20)24-22(2,3)4/h8-15H,5-7,16-17H2,1-4H3. The van der Waals surface area contributed by atoms with Crippen LogP contribution in [0.15, 0.2) is 48.5 Å². The van der Waals surface area contributed by atoms with Crippen LogP contribution in [0.3, 0.4) is 0 Å². The van der Waals surface area contributed by atoms with Gasteiger partial charge in [0.1, 0.15) is 11.4 Å². The molecule has 0 aliphatic heterocycles. The molecule has 2 aromatic carbocycles. The molecular weight excluding hydrogens is 292 g/mol. The SMILES string of the molecule is Cc1ccc(C2(c3ccc(OC(C)(C)C)cc3)CCCCC2)cc1. The lowest BCUT2D eigenvalue weighted by atomic mass is 9.65. The molecule has 0 spiro atoms. The smallest absolute Gasteiger partial charge is 0.120 e. The zero-order chi connectivity index (χ0) is 17.2. The Balaban J connectivity index is 1.96. The lowest BCUT2D eigenvalue weighted by Gasteiger charge is -2.39. The van der Waals surface area contributed by atoms with Crippen LogP contribution in [0, 0.1) is 6.92 Å². The molecule has 1 aliphatic rings. The van der Waals surface area contributed by atoms with Gasteiger partial charge in [-0.1, -0.05) is 61.2 Å². The van der Waals surface area contributed by atoms with Crippen LogP contribution in [0.4, 0.5) is 0 Å². The van der Waals surface area contributed by atoms with Gasteiger partial charge in [0.05, 0.1) is 0 Å². The molecule has 1 saturated carbocycles. The van der Waals surface area contributed by atoms with E-state index in [2.05, 4.69) is 76.2 Å². The fourth-order valence-electron chi connectivity index (χ4n) is 3.97. The van der Waals surface area contributed by atoms with Gasteiger partial charge in [-0.3, -0.25) is 0 Å². The van der Waals surface area contributed by atoms with Crippen LogP contribution < -0.4 is 4.74 Å². The molecule has 0 atom stereocenters. The first-order chi connectivity index (χ1) is 11.4. The van der Waals surface area contributed by atoms with E-state index < -0.39 is 0 Å². The van der Waals surface area contributed by atoms with Crippen LogP contribution >= 0.6 is 0 Å². The number of rotatable bonds is 3. The summed E-state index contributed by atoms with van der Waals surface area (Å²) < 4.78 is 6.00. The molecule has 128 valence electrons. The minimum Gasteiger partial charge on any atom is -0.488 e. The number of hydrogen-bond acceptors (Lipinski definition) is 1. The molecular formula is C23H30O. The van der Waals surface area contributed by atoms with Crippen LogP contribution in [0.5, 0.6) is 5.75 Å². The number of hydrogen-bond donors (Lipinski definition) is 0. The van der Waals surface area contributed by atoms with E-state index in [0.29, 0.717) is 0 Å². The van der Waals surface area contributed by atoms with Crippen molar-refractivity contribution in [3.05, 3.63) is 65.2 Å². The van der Waals surface area contributed by atoms with Crippen LogP contribution in [0.2, 0.25) is 0 Å².